The van der Waals surface area contributed by atoms with Gasteiger partial charge in [-0.25, -0.2) is 0 Å². The zero-order valence-electron chi connectivity index (χ0n) is 15.1. The van der Waals surface area contributed by atoms with E-state index >= 15 is 0 Å². The number of hydrogen-bond acceptors (Lipinski definition) is 2. The standard InChI is InChI=1S/C19H38O2/c1-6-17(7-2)12-13-19(14-20-4,15-21-5)18-10-8-16(3)9-11-18/h16-18H,6-15H2,1-5H3. The molecule has 21 heavy (non-hydrogen) atoms. The molecule has 0 aromatic heterocycles. The van der Waals surface area contributed by atoms with Crippen LogP contribution in [0, 0.1) is 23.2 Å². The first-order valence-corrected chi connectivity index (χ1v) is 9.09. The fourth-order valence-corrected chi connectivity index (χ4v) is 4.26. The first-order valence-electron chi connectivity index (χ1n) is 9.09. The Kier molecular flexibility index (Phi) is 8.89. The number of hydrogen-bond donors (Lipinski definition) is 0. The van der Waals surface area contributed by atoms with Gasteiger partial charge in [0.05, 0.1) is 13.2 Å². The van der Waals surface area contributed by atoms with Gasteiger partial charge < -0.3 is 9.47 Å². The van der Waals surface area contributed by atoms with Crippen molar-refractivity contribution in [1.29, 1.82) is 0 Å². The summed E-state index contributed by atoms with van der Waals surface area (Å²) in [6.45, 7) is 8.77. The summed E-state index contributed by atoms with van der Waals surface area (Å²) >= 11 is 0. The van der Waals surface area contributed by atoms with Crippen LogP contribution in [0.15, 0.2) is 0 Å². The van der Waals surface area contributed by atoms with E-state index in [0.717, 1.165) is 31.0 Å². The lowest BCUT2D eigenvalue weighted by Crippen LogP contribution is -2.41. The van der Waals surface area contributed by atoms with Crippen molar-refractivity contribution in [2.24, 2.45) is 23.2 Å². The lowest BCUT2D eigenvalue weighted by atomic mass is 9.65. The molecule has 0 atom stereocenters. The minimum absolute atomic E-state index is 0.242. The molecule has 0 amide bonds. The molecule has 0 aromatic carbocycles. The van der Waals surface area contributed by atoms with Crippen LogP contribution in [0.25, 0.3) is 0 Å². The molecule has 0 spiro atoms. The molecule has 0 aromatic rings. The molecule has 1 rings (SSSR count). The predicted molar refractivity (Wildman–Crippen MR) is 90.6 cm³/mol. The fourth-order valence-electron chi connectivity index (χ4n) is 4.26. The van der Waals surface area contributed by atoms with Crippen LogP contribution in [-0.4, -0.2) is 27.4 Å². The highest BCUT2D eigenvalue weighted by atomic mass is 16.5. The van der Waals surface area contributed by atoms with Crippen LogP contribution in [0.5, 0.6) is 0 Å². The maximum Gasteiger partial charge on any atom is 0.0543 e. The van der Waals surface area contributed by atoms with Crippen LogP contribution in [0.2, 0.25) is 0 Å². The van der Waals surface area contributed by atoms with E-state index in [1.807, 2.05) is 14.2 Å². The first kappa shape index (κ1) is 19.0. The Morgan fingerprint density at radius 3 is 1.90 bits per heavy atom. The summed E-state index contributed by atoms with van der Waals surface area (Å²) in [5, 5.41) is 0. The van der Waals surface area contributed by atoms with E-state index in [9.17, 15) is 0 Å². The van der Waals surface area contributed by atoms with Crippen molar-refractivity contribution in [3.63, 3.8) is 0 Å². The van der Waals surface area contributed by atoms with E-state index in [0.29, 0.717) is 0 Å². The Labute approximate surface area is 133 Å². The van der Waals surface area contributed by atoms with Crippen molar-refractivity contribution in [2.75, 3.05) is 27.4 Å². The quantitative estimate of drug-likeness (QED) is 0.544. The van der Waals surface area contributed by atoms with Crippen LogP contribution in [0.1, 0.15) is 72.1 Å². The molecule has 2 nitrogen and oxygen atoms in total. The molecule has 2 heteroatoms. The van der Waals surface area contributed by atoms with Gasteiger partial charge in [0, 0.05) is 19.6 Å². The maximum absolute atomic E-state index is 5.66. The summed E-state index contributed by atoms with van der Waals surface area (Å²) in [6, 6.07) is 0. The molecule has 0 heterocycles. The molecular formula is C19H38O2. The normalized spacial score (nSPS) is 23.7. The molecule has 1 aliphatic carbocycles. The van der Waals surface area contributed by atoms with Crippen molar-refractivity contribution in [3.8, 4) is 0 Å². The lowest BCUT2D eigenvalue weighted by molar-refractivity contribution is -0.0529. The molecule has 126 valence electrons. The van der Waals surface area contributed by atoms with Gasteiger partial charge in [-0.05, 0) is 43.4 Å². The van der Waals surface area contributed by atoms with Crippen molar-refractivity contribution in [3.05, 3.63) is 0 Å². The maximum atomic E-state index is 5.66. The third kappa shape index (κ3) is 5.56. The van der Waals surface area contributed by atoms with Crippen molar-refractivity contribution >= 4 is 0 Å². The molecule has 1 aliphatic rings. The van der Waals surface area contributed by atoms with Gasteiger partial charge in [0.25, 0.3) is 0 Å². The topological polar surface area (TPSA) is 18.5 Å². The van der Waals surface area contributed by atoms with Gasteiger partial charge >= 0.3 is 0 Å². The van der Waals surface area contributed by atoms with Gasteiger partial charge in [-0.1, -0.05) is 46.5 Å². The highest BCUT2D eigenvalue weighted by molar-refractivity contribution is 4.89. The Balaban J connectivity index is 2.76. The van der Waals surface area contributed by atoms with E-state index in [4.69, 9.17) is 9.47 Å². The van der Waals surface area contributed by atoms with Crippen molar-refractivity contribution in [1.82, 2.24) is 0 Å². The number of ether oxygens (including phenoxy) is 2. The van der Waals surface area contributed by atoms with E-state index in [1.165, 1.54) is 51.4 Å². The summed E-state index contributed by atoms with van der Waals surface area (Å²) in [5.41, 5.74) is 0.242. The molecule has 0 radical (unpaired) electrons. The average Bonchev–Trinajstić information content (AvgIpc) is 2.49. The summed E-state index contributed by atoms with van der Waals surface area (Å²) in [6.07, 6.45) is 10.7. The van der Waals surface area contributed by atoms with Crippen LogP contribution in [-0.2, 0) is 9.47 Å². The highest BCUT2D eigenvalue weighted by Crippen LogP contribution is 2.44. The Hall–Kier alpha value is -0.0800. The molecule has 0 aliphatic heterocycles. The molecule has 0 saturated heterocycles. The minimum Gasteiger partial charge on any atom is -0.384 e. The second kappa shape index (κ2) is 9.84. The smallest absolute Gasteiger partial charge is 0.0543 e. The lowest BCUT2D eigenvalue weighted by Gasteiger charge is -2.43. The highest BCUT2D eigenvalue weighted by Gasteiger charge is 2.40. The molecular weight excluding hydrogens is 260 g/mol. The number of rotatable bonds is 10. The Morgan fingerprint density at radius 1 is 0.952 bits per heavy atom. The van der Waals surface area contributed by atoms with Crippen molar-refractivity contribution in [2.45, 2.75) is 72.1 Å². The third-order valence-electron chi connectivity index (χ3n) is 5.95. The molecule has 1 saturated carbocycles. The van der Waals surface area contributed by atoms with Gasteiger partial charge in [-0.3, -0.25) is 0 Å². The summed E-state index contributed by atoms with van der Waals surface area (Å²) in [5.74, 6) is 2.55. The predicted octanol–water partition coefficient (Wildman–Crippen LogP) is 5.31. The van der Waals surface area contributed by atoms with Crippen LogP contribution in [0.3, 0.4) is 0 Å². The molecule has 0 N–H and O–H groups in total. The summed E-state index contributed by atoms with van der Waals surface area (Å²) in [7, 11) is 3.71. The Bertz CT molecular complexity index is 246. The van der Waals surface area contributed by atoms with Crippen molar-refractivity contribution < 1.29 is 9.47 Å². The van der Waals surface area contributed by atoms with Gasteiger partial charge in [-0.15, -0.1) is 0 Å². The van der Waals surface area contributed by atoms with E-state index < -0.39 is 0 Å². The first-order chi connectivity index (χ1) is 10.1. The molecule has 0 bridgehead atoms. The average molecular weight is 299 g/mol. The largest absolute Gasteiger partial charge is 0.384 e. The minimum atomic E-state index is 0.242. The Morgan fingerprint density at radius 2 is 1.48 bits per heavy atom. The molecule has 1 fully saturated rings. The second-order valence-corrected chi connectivity index (χ2v) is 7.41. The van der Waals surface area contributed by atoms with E-state index in [-0.39, 0.29) is 5.41 Å². The molecule has 0 unspecified atom stereocenters. The van der Waals surface area contributed by atoms with Gasteiger partial charge in [0.2, 0.25) is 0 Å². The monoisotopic (exact) mass is 298 g/mol. The summed E-state index contributed by atoms with van der Waals surface area (Å²) in [4.78, 5) is 0. The zero-order valence-corrected chi connectivity index (χ0v) is 15.1. The van der Waals surface area contributed by atoms with E-state index in [2.05, 4.69) is 20.8 Å². The zero-order chi connectivity index (χ0) is 15.7. The van der Waals surface area contributed by atoms with Crippen LogP contribution in [0.4, 0.5) is 0 Å². The summed E-state index contributed by atoms with van der Waals surface area (Å²) < 4.78 is 11.3. The number of methoxy groups -OCH3 is 2. The van der Waals surface area contributed by atoms with Gasteiger partial charge in [-0.2, -0.15) is 0 Å². The SMILES string of the molecule is CCC(CC)CCC(COC)(COC)C1CCC(C)CC1. The third-order valence-corrected chi connectivity index (χ3v) is 5.95. The second-order valence-electron chi connectivity index (χ2n) is 7.41. The van der Waals surface area contributed by atoms with Crippen LogP contribution >= 0.6 is 0 Å². The van der Waals surface area contributed by atoms with Gasteiger partial charge in [0.1, 0.15) is 0 Å². The van der Waals surface area contributed by atoms with Gasteiger partial charge in [0.15, 0.2) is 0 Å². The fraction of sp³-hybridized carbons (Fsp3) is 1.00. The van der Waals surface area contributed by atoms with E-state index in [1.54, 1.807) is 0 Å². The van der Waals surface area contributed by atoms with Crippen LogP contribution < -0.4 is 0 Å².